The van der Waals surface area contributed by atoms with Crippen LogP contribution in [0.15, 0.2) is 18.2 Å². The van der Waals surface area contributed by atoms with E-state index >= 15 is 0 Å². The van der Waals surface area contributed by atoms with Crippen molar-refractivity contribution in [1.29, 1.82) is 0 Å². The Bertz CT molecular complexity index is 532. The average Bonchev–Trinajstić information content (AvgIpc) is 2.70. The molecule has 1 fully saturated rings. The highest BCUT2D eigenvalue weighted by atomic mass is 16.5. The number of carbonyl (C=O) groups excluding carboxylic acids is 1. The summed E-state index contributed by atoms with van der Waals surface area (Å²) < 4.78 is 5.59. The van der Waals surface area contributed by atoms with Gasteiger partial charge in [0.2, 0.25) is 0 Å². The second kappa shape index (κ2) is 4.09. The number of hydrogen-bond donors (Lipinski definition) is 0. The van der Waals surface area contributed by atoms with E-state index in [9.17, 15) is 4.79 Å². The fourth-order valence-corrected chi connectivity index (χ4v) is 4.00. The van der Waals surface area contributed by atoms with E-state index < -0.39 is 0 Å². The maximum atomic E-state index is 12.4. The standard InChI is InChI=1S/C17H22O2/c1-10(2)12-7-8-17(4)15(12)13-9-11(3)5-6-14(13)19-16(17)18/h5-6,9-10,12,15H,7-8H2,1-4H3/t12-,15-,17-/m1/s1. The Hall–Kier alpha value is -1.31. The van der Waals surface area contributed by atoms with Crippen molar-refractivity contribution in [3.8, 4) is 5.75 Å². The van der Waals surface area contributed by atoms with Crippen molar-refractivity contribution < 1.29 is 9.53 Å². The summed E-state index contributed by atoms with van der Waals surface area (Å²) in [6, 6.07) is 6.19. The second-order valence-electron chi connectivity index (χ2n) is 6.77. The minimum absolute atomic E-state index is 0.0306. The topological polar surface area (TPSA) is 26.3 Å². The highest BCUT2D eigenvalue weighted by Gasteiger charge is 2.55. The molecule has 0 radical (unpaired) electrons. The molecule has 2 aliphatic rings. The van der Waals surface area contributed by atoms with E-state index in [2.05, 4.69) is 33.8 Å². The summed E-state index contributed by atoms with van der Waals surface area (Å²) in [5.74, 6) is 2.26. The number of hydrogen-bond acceptors (Lipinski definition) is 2. The summed E-state index contributed by atoms with van der Waals surface area (Å²) in [6.07, 6.45) is 2.08. The summed E-state index contributed by atoms with van der Waals surface area (Å²) in [5, 5.41) is 0. The van der Waals surface area contributed by atoms with Gasteiger partial charge in [-0.05, 0) is 50.2 Å². The van der Waals surface area contributed by atoms with E-state index in [1.165, 1.54) is 11.1 Å². The first-order chi connectivity index (χ1) is 8.93. The molecule has 3 rings (SSSR count). The first-order valence-electron chi connectivity index (χ1n) is 7.26. The largest absolute Gasteiger partial charge is 0.426 e. The number of esters is 1. The monoisotopic (exact) mass is 258 g/mol. The lowest BCUT2D eigenvalue weighted by atomic mass is 9.69. The normalized spacial score (nSPS) is 33.0. The van der Waals surface area contributed by atoms with Gasteiger partial charge in [-0.1, -0.05) is 31.5 Å². The number of carbonyl (C=O) groups is 1. The van der Waals surface area contributed by atoms with Gasteiger partial charge in [0.1, 0.15) is 5.75 Å². The molecule has 1 aliphatic heterocycles. The minimum atomic E-state index is -0.324. The third-order valence-electron chi connectivity index (χ3n) is 5.14. The Kier molecular flexibility index (Phi) is 2.74. The third-order valence-corrected chi connectivity index (χ3v) is 5.14. The quantitative estimate of drug-likeness (QED) is 0.560. The summed E-state index contributed by atoms with van der Waals surface area (Å²) in [5.41, 5.74) is 2.17. The second-order valence-corrected chi connectivity index (χ2v) is 6.77. The molecule has 0 saturated heterocycles. The maximum absolute atomic E-state index is 12.4. The van der Waals surface area contributed by atoms with Crippen LogP contribution < -0.4 is 4.74 Å². The molecule has 2 nitrogen and oxygen atoms in total. The Labute approximate surface area is 115 Å². The van der Waals surface area contributed by atoms with Crippen molar-refractivity contribution in [2.75, 3.05) is 0 Å². The van der Waals surface area contributed by atoms with Gasteiger partial charge in [-0.25, -0.2) is 0 Å². The van der Waals surface area contributed by atoms with Crippen molar-refractivity contribution in [2.24, 2.45) is 17.3 Å². The van der Waals surface area contributed by atoms with Crippen LogP contribution in [0.1, 0.15) is 50.7 Å². The molecular formula is C17H22O2. The molecule has 0 unspecified atom stereocenters. The molecule has 1 saturated carbocycles. The number of fused-ring (bicyclic) bond motifs is 3. The first kappa shape index (κ1) is 12.7. The van der Waals surface area contributed by atoms with Gasteiger partial charge >= 0.3 is 5.97 Å². The zero-order chi connectivity index (χ0) is 13.8. The zero-order valence-electron chi connectivity index (χ0n) is 12.2. The average molecular weight is 258 g/mol. The number of aryl methyl sites for hydroxylation is 1. The summed E-state index contributed by atoms with van der Waals surface area (Å²) >= 11 is 0. The molecule has 19 heavy (non-hydrogen) atoms. The molecule has 0 amide bonds. The predicted octanol–water partition coefficient (Wildman–Crippen LogP) is 4.07. The van der Waals surface area contributed by atoms with E-state index in [1.807, 2.05) is 12.1 Å². The smallest absolute Gasteiger partial charge is 0.317 e. The highest BCUT2D eigenvalue weighted by molar-refractivity contribution is 5.83. The van der Waals surface area contributed by atoms with Gasteiger partial charge in [-0.3, -0.25) is 4.79 Å². The number of rotatable bonds is 1. The lowest BCUT2D eigenvalue weighted by molar-refractivity contribution is -0.147. The van der Waals surface area contributed by atoms with Crippen LogP contribution in [-0.4, -0.2) is 5.97 Å². The van der Waals surface area contributed by atoms with E-state index in [-0.39, 0.29) is 11.4 Å². The lowest BCUT2D eigenvalue weighted by Crippen LogP contribution is -2.40. The molecule has 1 aromatic rings. The van der Waals surface area contributed by atoms with E-state index in [1.54, 1.807) is 0 Å². The van der Waals surface area contributed by atoms with Gasteiger partial charge in [-0.15, -0.1) is 0 Å². The maximum Gasteiger partial charge on any atom is 0.317 e. The van der Waals surface area contributed by atoms with E-state index in [0.29, 0.717) is 17.8 Å². The minimum Gasteiger partial charge on any atom is -0.426 e. The van der Waals surface area contributed by atoms with E-state index in [0.717, 1.165) is 18.6 Å². The molecule has 0 N–H and O–H groups in total. The first-order valence-corrected chi connectivity index (χ1v) is 7.26. The van der Waals surface area contributed by atoms with Crippen molar-refractivity contribution in [3.63, 3.8) is 0 Å². The zero-order valence-corrected chi connectivity index (χ0v) is 12.2. The molecule has 1 heterocycles. The van der Waals surface area contributed by atoms with Crippen LogP contribution in [0.2, 0.25) is 0 Å². The number of benzene rings is 1. The third kappa shape index (κ3) is 1.73. The molecule has 102 valence electrons. The van der Waals surface area contributed by atoms with Crippen LogP contribution in [0, 0.1) is 24.2 Å². The van der Waals surface area contributed by atoms with Crippen molar-refractivity contribution in [1.82, 2.24) is 0 Å². The molecule has 2 heteroatoms. The fraction of sp³-hybridized carbons (Fsp3) is 0.588. The van der Waals surface area contributed by atoms with Gasteiger partial charge in [0.05, 0.1) is 5.41 Å². The van der Waals surface area contributed by atoms with Crippen LogP contribution in [0.3, 0.4) is 0 Å². The SMILES string of the molecule is Cc1ccc2c(c1)[C@H]1[C@@H](C(C)C)CC[C@@]1(C)C(=O)O2. The van der Waals surface area contributed by atoms with Gasteiger partial charge in [-0.2, -0.15) is 0 Å². The Morgan fingerprint density at radius 1 is 1.37 bits per heavy atom. The summed E-state index contributed by atoms with van der Waals surface area (Å²) in [6.45, 7) is 8.73. The molecule has 0 bridgehead atoms. The van der Waals surface area contributed by atoms with Crippen molar-refractivity contribution in [2.45, 2.75) is 46.5 Å². The Morgan fingerprint density at radius 2 is 2.11 bits per heavy atom. The molecule has 3 atom stereocenters. The van der Waals surface area contributed by atoms with Crippen LogP contribution >= 0.6 is 0 Å². The van der Waals surface area contributed by atoms with Gasteiger partial charge < -0.3 is 4.74 Å². The van der Waals surface area contributed by atoms with Crippen molar-refractivity contribution in [3.05, 3.63) is 29.3 Å². The molecular weight excluding hydrogens is 236 g/mol. The van der Waals surface area contributed by atoms with Crippen LogP contribution in [0.5, 0.6) is 5.75 Å². The predicted molar refractivity (Wildman–Crippen MR) is 75.2 cm³/mol. The van der Waals surface area contributed by atoms with Gasteiger partial charge in [0, 0.05) is 5.92 Å². The van der Waals surface area contributed by atoms with Crippen LogP contribution in [0.4, 0.5) is 0 Å². The van der Waals surface area contributed by atoms with Gasteiger partial charge in [0.15, 0.2) is 0 Å². The molecule has 1 aromatic carbocycles. The van der Waals surface area contributed by atoms with Crippen LogP contribution in [0.25, 0.3) is 0 Å². The summed E-state index contributed by atoms with van der Waals surface area (Å²) in [4.78, 5) is 12.4. The van der Waals surface area contributed by atoms with E-state index in [4.69, 9.17) is 4.74 Å². The molecule has 0 spiro atoms. The van der Waals surface area contributed by atoms with Crippen LogP contribution in [-0.2, 0) is 4.79 Å². The molecule has 1 aliphatic carbocycles. The summed E-state index contributed by atoms with van der Waals surface area (Å²) in [7, 11) is 0. The highest BCUT2D eigenvalue weighted by Crippen LogP contribution is 2.59. The lowest BCUT2D eigenvalue weighted by Gasteiger charge is -2.38. The van der Waals surface area contributed by atoms with Gasteiger partial charge in [0.25, 0.3) is 0 Å². The fourth-order valence-electron chi connectivity index (χ4n) is 4.00. The number of ether oxygens (including phenoxy) is 1. The molecule has 0 aromatic heterocycles. The Balaban J connectivity index is 2.17. The van der Waals surface area contributed by atoms with Crippen molar-refractivity contribution >= 4 is 5.97 Å². The Morgan fingerprint density at radius 3 is 2.79 bits per heavy atom.